The van der Waals surface area contributed by atoms with Gasteiger partial charge >= 0.3 is 0 Å². The zero-order valence-corrected chi connectivity index (χ0v) is 7.99. The van der Waals surface area contributed by atoms with Gasteiger partial charge in [0, 0.05) is 5.25 Å². The SMILES string of the molecule is CC1=C[C@H]2CCCCC[C@H]2S1. The summed E-state index contributed by atoms with van der Waals surface area (Å²) in [6.07, 6.45) is 9.82. The largest absolute Gasteiger partial charge is 0.127 e. The summed E-state index contributed by atoms with van der Waals surface area (Å²) in [5.74, 6) is 0.933. The van der Waals surface area contributed by atoms with Gasteiger partial charge in [-0.05, 0) is 30.6 Å². The molecular formula is C10H16S. The molecule has 2 rings (SSSR count). The van der Waals surface area contributed by atoms with Gasteiger partial charge in [-0.25, -0.2) is 0 Å². The molecule has 1 fully saturated rings. The van der Waals surface area contributed by atoms with E-state index in [9.17, 15) is 0 Å². The molecule has 1 heteroatoms. The number of allylic oxidation sites excluding steroid dienone is 2. The van der Waals surface area contributed by atoms with Crippen LogP contribution in [0.25, 0.3) is 0 Å². The average molecular weight is 168 g/mol. The zero-order chi connectivity index (χ0) is 7.68. The van der Waals surface area contributed by atoms with E-state index in [4.69, 9.17) is 0 Å². The standard InChI is InChI=1S/C10H16S/c1-8-7-9-5-3-2-4-6-10(9)11-8/h7,9-10H,2-6H2,1H3/t9-,10-/m1/s1. The molecule has 1 saturated carbocycles. The summed E-state index contributed by atoms with van der Waals surface area (Å²) in [6, 6.07) is 0. The van der Waals surface area contributed by atoms with Crippen molar-refractivity contribution < 1.29 is 0 Å². The van der Waals surface area contributed by atoms with Crippen LogP contribution in [0.15, 0.2) is 11.0 Å². The van der Waals surface area contributed by atoms with Crippen LogP contribution in [0.2, 0.25) is 0 Å². The summed E-state index contributed by atoms with van der Waals surface area (Å²) in [7, 11) is 0. The Hall–Kier alpha value is 0.0900. The van der Waals surface area contributed by atoms with Crippen molar-refractivity contribution in [2.24, 2.45) is 5.92 Å². The lowest BCUT2D eigenvalue weighted by atomic mass is 10.00. The summed E-state index contributed by atoms with van der Waals surface area (Å²) in [5.41, 5.74) is 0. The highest BCUT2D eigenvalue weighted by atomic mass is 32.2. The number of rotatable bonds is 0. The zero-order valence-electron chi connectivity index (χ0n) is 7.18. The Kier molecular flexibility index (Phi) is 2.26. The molecule has 2 aliphatic rings. The predicted molar refractivity (Wildman–Crippen MR) is 51.7 cm³/mol. The second-order valence-electron chi connectivity index (χ2n) is 3.74. The van der Waals surface area contributed by atoms with Gasteiger partial charge in [-0.15, -0.1) is 11.8 Å². The first-order valence-electron chi connectivity index (χ1n) is 4.71. The molecule has 0 aromatic carbocycles. The Labute approximate surface area is 73.4 Å². The van der Waals surface area contributed by atoms with Gasteiger partial charge in [0.25, 0.3) is 0 Å². The van der Waals surface area contributed by atoms with Crippen LogP contribution >= 0.6 is 11.8 Å². The molecular weight excluding hydrogens is 152 g/mol. The van der Waals surface area contributed by atoms with E-state index in [0.717, 1.165) is 11.2 Å². The van der Waals surface area contributed by atoms with Crippen LogP contribution in [0, 0.1) is 5.92 Å². The minimum absolute atomic E-state index is 0.933. The smallest absolute Gasteiger partial charge is 0.0154 e. The molecule has 0 aromatic heterocycles. The molecule has 11 heavy (non-hydrogen) atoms. The lowest BCUT2D eigenvalue weighted by Crippen LogP contribution is -2.08. The maximum absolute atomic E-state index is 2.50. The second kappa shape index (κ2) is 3.22. The van der Waals surface area contributed by atoms with E-state index in [2.05, 4.69) is 24.8 Å². The third-order valence-electron chi connectivity index (χ3n) is 2.79. The van der Waals surface area contributed by atoms with E-state index in [1.807, 2.05) is 0 Å². The van der Waals surface area contributed by atoms with Crippen molar-refractivity contribution in [2.75, 3.05) is 0 Å². The van der Waals surface area contributed by atoms with E-state index in [1.165, 1.54) is 32.1 Å². The quantitative estimate of drug-likeness (QED) is 0.532. The van der Waals surface area contributed by atoms with Gasteiger partial charge < -0.3 is 0 Å². The molecule has 2 atom stereocenters. The van der Waals surface area contributed by atoms with Gasteiger partial charge in [0.05, 0.1) is 0 Å². The Bertz CT molecular complexity index is 172. The van der Waals surface area contributed by atoms with E-state index < -0.39 is 0 Å². The highest BCUT2D eigenvalue weighted by Gasteiger charge is 2.27. The van der Waals surface area contributed by atoms with E-state index in [0.29, 0.717) is 0 Å². The van der Waals surface area contributed by atoms with Crippen LogP contribution in [0.1, 0.15) is 39.0 Å². The minimum Gasteiger partial charge on any atom is -0.127 e. The van der Waals surface area contributed by atoms with Gasteiger partial charge in [0.2, 0.25) is 0 Å². The number of hydrogen-bond donors (Lipinski definition) is 0. The molecule has 1 heterocycles. The number of hydrogen-bond acceptors (Lipinski definition) is 1. The fourth-order valence-electron chi connectivity index (χ4n) is 2.22. The summed E-state index contributed by atoms with van der Waals surface area (Å²) >= 11 is 2.12. The van der Waals surface area contributed by atoms with Crippen molar-refractivity contribution in [3.63, 3.8) is 0 Å². The van der Waals surface area contributed by atoms with Crippen LogP contribution in [-0.2, 0) is 0 Å². The molecule has 0 spiro atoms. The number of thioether (sulfide) groups is 1. The predicted octanol–water partition coefficient (Wildman–Crippen LogP) is 3.59. The highest BCUT2D eigenvalue weighted by molar-refractivity contribution is 8.03. The molecule has 62 valence electrons. The molecule has 0 amide bonds. The van der Waals surface area contributed by atoms with Gasteiger partial charge in [-0.2, -0.15) is 0 Å². The lowest BCUT2D eigenvalue weighted by molar-refractivity contribution is 0.581. The first-order valence-corrected chi connectivity index (χ1v) is 5.59. The average Bonchev–Trinajstić information content (AvgIpc) is 2.17. The molecule has 1 aliphatic heterocycles. The Morgan fingerprint density at radius 2 is 2.09 bits per heavy atom. The second-order valence-corrected chi connectivity index (χ2v) is 5.22. The molecule has 0 radical (unpaired) electrons. The van der Waals surface area contributed by atoms with Crippen LogP contribution in [0.4, 0.5) is 0 Å². The Morgan fingerprint density at radius 3 is 3.00 bits per heavy atom. The maximum Gasteiger partial charge on any atom is 0.0154 e. The molecule has 0 N–H and O–H groups in total. The van der Waals surface area contributed by atoms with Crippen LogP contribution in [0.3, 0.4) is 0 Å². The van der Waals surface area contributed by atoms with E-state index in [1.54, 1.807) is 4.91 Å². The fourth-order valence-corrected chi connectivity index (χ4v) is 3.62. The van der Waals surface area contributed by atoms with Gasteiger partial charge in [0.1, 0.15) is 0 Å². The molecule has 0 nitrogen and oxygen atoms in total. The van der Waals surface area contributed by atoms with Gasteiger partial charge in [0.15, 0.2) is 0 Å². The molecule has 0 aromatic rings. The van der Waals surface area contributed by atoms with Crippen molar-refractivity contribution >= 4 is 11.8 Å². The van der Waals surface area contributed by atoms with Crippen LogP contribution in [-0.4, -0.2) is 5.25 Å². The fraction of sp³-hybridized carbons (Fsp3) is 0.800. The van der Waals surface area contributed by atoms with Crippen LogP contribution in [0.5, 0.6) is 0 Å². The summed E-state index contributed by atoms with van der Waals surface area (Å²) in [5, 5.41) is 0.956. The molecule has 0 unspecified atom stereocenters. The Balaban J connectivity index is 2.04. The summed E-state index contributed by atoms with van der Waals surface area (Å²) in [6.45, 7) is 2.26. The van der Waals surface area contributed by atoms with Crippen molar-refractivity contribution in [2.45, 2.75) is 44.3 Å². The third kappa shape index (κ3) is 1.64. The third-order valence-corrected chi connectivity index (χ3v) is 4.19. The van der Waals surface area contributed by atoms with E-state index >= 15 is 0 Å². The van der Waals surface area contributed by atoms with Gasteiger partial charge in [-0.1, -0.05) is 25.3 Å². The first kappa shape index (κ1) is 7.72. The van der Waals surface area contributed by atoms with Crippen molar-refractivity contribution in [1.82, 2.24) is 0 Å². The van der Waals surface area contributed by atoms with Gasteiger partial charge in [-0.3, -0.25) is 0 Å². The summed E-state index contributed by atoms with van der Waals surface area (Å²) in [4.78, 5) is 1.57. The Morgan fingerprint density at radius 1 is 1.27 bits per heavy atom. The normalized spacial score (nSPS) is 37.7. The lowest BCUT2D eigenvalue weighted by Gasteiger charge is -2.13. The molecule has 1 aliphatic carbocycles. The van der Waals surface area contributed by atoms with Crippen molar-refractivity contribution in [1.29, 1.82) is 0 Å². The molecule has 0 bridgehead atoms. The van der Waals surface area contributed by atoms with Crippen LogP contribution < -0.4 is 0 Å². The highest BCUT2D eigenvalue weighted by Crippen LogP contribution is 2.42. The van der Waals surface area contributed by atoms with Crippen molar-refractivity contribution in [3.05, 3.63) is 11.0 Å². The monoisotopic (exact) mass is 168 g/mol. The molecule has 0 saturated heterocycles. The summed E-state index contributed by atoms with van der Waals surface area (Å²) < 4.78 is 0. The first-order chi connectivity index (χ1) is 5.36. The topological polar surface area (TPSA) is 0 Å². The maximum atomic E-state index is 2.50. The van der Waals surface area contributed by atoms with Crippen molar-refractivity contribution in [3.8, 4) is 0 Å². The minimum atomic E-state index is 0.933. The number of fused-ring (bicyclic) bond motifs is 1. The van der Waals surface area contributed by atoms with E-state index in [-0.39, 0.29) is 0 Å².